The summed E-state index contributed by atoms with van der Waals surface area (Å²) in [4.78, 5) is 14.9. The van der Waals surface area contributed by atoms with Crippen LogP contribution in [0.4, 0.5) is 0 Å². The Kier molecular flexibility index (Phi) is 7.71. The maximum atomic E-state index is 5.24. The van der Waals surface area contributed by atoms with E-state index in [9.17, 15) is 0 Å². The highest BCUT2D eigenvalue weighted by molar-refractivity contribution is 6.13. The van der Waals surface area contributed by atoms with Crippen LogP contribution in [0.1, 0.15) is 5.69 Å². The summed E-state index contributed by atoms with van der Waals surface area (Å²) in [5, 5.41) is 4.85. The van der Waals surface area contributed by atoms with E-state index >= 15 is 0 Å². The third-order valence-electron chi connectivity index (χ3n) is 9.56. The molecule has 240 valence electrons. The molecule has 9 rings (SSSR count). The molecule has 0 saturated heterocycles. The average Bonchev–Trinajstić information content (AvgIpc) is 3.20. The minimum absolute atomic E-state index is 0.687. The molecule has 0 unspecified atom stereocenters. The fourth-order valence-electron chi connectivity index (χ4n) is 7.06. The zero-order chi connectivity index (χ0) is 34.1. The molecule has 0 spiro atoms. The lowest BCUT2D eigenvalue weighted by Crippen LogP contribution is -1.97. The normalized spacial score (nSPS) is 11.2. The van der Waals surface area contributed by atoms with Gasteiger partial charge in [0, 0.05) is 28.6 Å². The number of nitrogens with zero attached hydrogens (tertiary/aromatic N) is 3. The van der Waals surface area contributed by atoms with Crippen molar-refractivity contribution in [1.29, 1.82) is 0 Å². The first kappa shape index (κ1) is 30.4. The highest BCUT2D eigenvalue weighted by atomic mass is 14.9. The Bertz CT molecular complexity index is 2570. The average molecular weight is 652 g/mol. The van der Waals surface area contributed by atoms with E-state index in [-0.39, 0.29) is 0 Å². The van der Waals surface area contributed by atoms with Gasteiger partial charge in [0.2, 0.25) is 0 Å². The summed E-state index contributed by atoms with van der Waals surface area (Å²) in [6.07, 6.45) is 1.87. The highest BCUT2D eigenvalue weighted by Crippen LogP contribution is 2.40. The molecule has 0 bridgehead atoms. The molecule has 0 aliphatic rings. The standard InChI is InChI=1S/C48H33N3/c1-32-26-37(24-25-49-32)33-20-22-34(23-21-33)40-28-41(47-43-18-10-8-16-38(43)27-39-17-9-11-19-44(39)47)30-42(29-40)48-50-45(35-12-4-2-5-13-35)31-46(51-48)36-14-6-3-7-15-36/h2-31H,1H3. The number of aryl methyl sites for hydroxylation is 1. The van der Waals surface area contributed by atoms with Gasteiger partial charge in [0.25, 0.3) is 0 Å². The summed E-state index contributed by atoms with van der Waals surface area (Å²) in [5.41, 5.74) is 12.7. The van der Waals surface area contributed by atoms with Gasteiger partial charge in [0.15, 0.2) is 5.82 Å². The number of hydrogen-bond donors (Lipinski definition) is 0. The van der Waals surface area contributed by atoms with Crippen LogP contribution >= 0.6 is 0 Å². The first-order valence-electron chi connectivity index (χ1n) is 17.3. The molecule has 0 fully saturated rings. The van der Waals surface area contributed by atoms with Gasteiger partial charge in [-0.05, 0) is 104 Å². The Morgan fingerprint density at radius 3 is 1.45 bits per heavy atom. The quantitative estimate of drug-likeness (QED) is 0.168. The van der Waals surface area contributed by atoms with Gasteiger partial charge in [-0.2, -0.15) is 0 Å². The van der Waals surface area contributed by atoms with Crippen LogP contribution in [0.5, 0.6) is 0 Å². The maximum absolute atomic E-state index is 5.24. The molecular weight excluding hydrogens is 619 g/mol. The minimum atomic E-state index is 0.687. The van der Waals surface area contributed by atoms with Crippen molar-refractivity contribution in [3.05, 3.63) is 188 Å². The Hall–Kier alpha value is -6.71. The van der Waals surface area contributed by atoms with Crippen LogP contribution in [0, 0.1) is 6.92 Å². The second kappa shape index (κ2) is 13.0. The summed E-state index contributed by atoms with van der Waals surface area (Å²) >= 11 is 0. The van der Waals surface area contributed by atoms with E-state index in [0.29, 0.717) is 5.82 Å². The van der Waals surface area contributed by atoms with Crippen LogP contribution in [0.25, 0.3) is 88.8 Å². The monoisotopic (exact) mass is 651 g/mol. The maximum Gasteiger partial charge on any atom is 0.160 e. The molecule has 0 aliphatic heterocycles. The second-order valence-electron chi connectivity index (χ2n) is 13.0. The lowest BCUT2D eigenvalue weighted by atomic mass is 9.89. The molecule has 0 radical (unpaired) electrons. The highest BCUT2D eigenvalue weighted by Gasteiger charge is 2.16. The van der Waals surface area contributed by atoms with Crippen LogP contribution in [0.15, 0.2) is 182 Å². The smallest absolute Gasteiger partial charge is 0.160 e. The fraction of sp³-hybridized carbons (Fsp3) is 0.0208. The molecule has 0 amide bonds. The molecular formula is C48H33N3. The summed E-state index contributed by atoms with van der Waals surface area (Å²) in [6.45, 7) is 2.03. The number of rotatable bonds is 6. The molecule has 3 nitrogen and oxygen atoms in total. The molecule has 7 aromatic carbocycles. The second-order valence-corrected chi connectivity index (χ2v) is 13.0. The predicted octanol–water partition coefficient (Wildman–Crippen LogP) is 12.5. The van der Waals surface area contributed by atoms with E-state index in [2.05, 4.69) is 169 Å². The van der Waals surface area contributed by atoms with Gasteiger partial charge in [0.1, 0.15) is 0 Å². The van der Waals surface area contributed by atoms with Crippen molar-refractivity contribution in [3.63, 3.8) is 0 Å². The van der Waals surface area contributed by atoms with Gasteiger partial charge in [-0.3, -0.25) is 4.98 Å². The predicted molar refractivity (Wildman–Crippen MR) is 212 cm³/mol. The lowest BCUT2D eigenvalue weighted by molar-refractivity contribution is 1.18. The molecule has 2 heterocycles. The van der Waals surface area contributed by atoms with E-state index in [1.807, 2.05) is 25.3 Å². The van der Waals surface area contributed by atoms with Crippen LogP contribution in [-0.4, -0.2) is 15.0 Å². The molecule has 51 heavy (non-hydrogen) atoms. The topological polar surface area (TPSA) is 38.7 Å². The molecule has 0 saturated carbocycles. The van der Waals surface area contributed by atoms with Crippen LogP contribution < -0.4 is 0 Å². The summed E-state index contributed by atoms with van der Waals surface area (Å²) in [6, 6.07) is 62.3. The SMILES string of the molecule is Cc1cc(-c2ccc(-c3cc(-c4nc(-c5ccccc5)cc(-c5ccccc5)n4)cc(-c4c5ccccc5cc5ccccc45)c3)cc2)ccn1. The number of hydrogen-bond acceptors (Lipinski definition) is 3. The van der Waals surface area contributed by atoms with Crippen molar-refractivity contribution in [1.82, 2.24) is 15.0 Å². The fourth-order valence-corrected chi connectivity index (χ4v) is 7.06. The Morgan fingerprint density at radius 2 is 0.863 bits per heavy atom. The Morgan fingerprint density at radius 1 is 0.353 bits per heavy atom. The third-order valence-corrected chi connectivity index (χ3v) is 9.56. The lowest BCUT2D eigenvalue weighted by Gasteiger charge is -2.16. The Labute approximate surface area is 297 Å². The number of benzene rings is 7. The van der Waals surface area contributed by atoms with Crippen molar-refractivity contribution < 1.29 is 0 Å². The van der Waals surface area contributed by atoms with Crippen LogP contribution in [0.2, 0.25) is 0 Å². The van der Waals surface area contributed by atoms with Gasteiger partial charge < -0.3 is 0 Å². The number of pyridine rings is 1. The first-order valence-corrected chi connectivity index (χ1v) is 17.3. The largest absolute Gasteiger partial charge is 0.262 e. The summed E-state index contributed by atoms with van der Waals surface area (Å²) in [7, 11) is 0. The molecule has 9 aromatic rings. The number of fused-ring (bicyclic) bond motifs is 2. The molecule has 0 atom stereocenters. The van der Waals surface area contributed by atoms with Gasteiger partial charge in [-0.25, -0.2) is 9.97 Å². The van der Waals surface area contributed by atoms with Crippen LogP contribution in [-0.2, 0) is 0 Å². The summed E-state index contributed by atoms with van der Waals surface area (Å²) < 4.78 is 0. The molecule has 2 aromatic heterocycles. The summed E-state index contributed by atoms with van der Waals surface area (Å²) in [5.74, 6) is 0.687. The van der Waals surface area contributed by atoms with Crippen LogP contribution in [0.3, 0.4) is 0 Å². The zero-order valence-electron chi connectivity index (χ0n) is 28.2. The molecule has 0 aliphatic carbocycles. The third kappa shape index (κ3) is 5.96. The minimum Gasteiger partial charge on any atom is -0.262 e. The van der Waals surface area contributed by atoms with Crippen molar-refractivity contribution in [2.24, 2.45) is 0 Å². The zero-order valence-corrected chi connectivity index (χ0v) is 28.2. The Balaban J connectivity index is 1.30. The molecule has 0 N–H and O–H groups in total. The van der Waals surface area contributed by atoms with E-state index in [0.717, 1.165) is 61.6 Å². The van der Waals surface area contributed by atoms with E-state index in [1.165, 1.54) is 27.1 Å². The van der Waals surface area contributed by atoms with E-state index in [1.54, 1.807) is 0 Å². The van der Waals surface area contributed by atoms with Crippen molar-refractivity contribution >= 4 is 21.5 Å². The van der Waals surface area contributed by atoms with Crippen molar-refractivity contribution in [2.75, 3.05) is 0 Å². The van der Waals surface area contributed by atoms with Gasteiger partial charge >= 0.3 is 0 Å². The van der Waals surface area contributed by atoms with Crippen molar-refractivity contribution in [3.8, 4) is 67.3 Å². The van der Waals surface area contributed by atoms with Gasteiger partial charge in [-0.1, -0.05) is 133 Å². The number of aromatic nitrogens is 3. The first-order chi connectivity index (χ1) is 25.2. The molecule has 3 heteroatoms. The van der Waals surface area contributed by atoms with E-state index < -0.39 is 0 Å². The van der Waals surface area contributed by atoms with Gasteiger partial charge in [0.05, 0.1) is 11.4 Å². The van der Waals surface area contributed by atoms with Crippen molar-refractivity contribution in [2.45, 2.75) is 6.92 Å². The van der Waals surface area contributed by atoms with E-state index in [4.69, 9.17) is 9.97 Å². The van der Waals surface area contributed by atoms with Gasteiger partial charge in [-0.15, -0.1) is 0 Å².